The summed E-state index contributed by atoms with van der Waals surface area (Å²) in [7, 11) is 0. The van der Waals surface area contributed by atoms with Crippen LogP contribution in [-0.2, 0) is 6.54 Å². The summed E-state index contributed by atoms with van der Waals surface area (Å²) in [5, 5.41) is 5.71. The van der Waals surface area contributed by atoms with Crippen LogP contribution in [0.15, 0.2) is 47.4 Å². The summed E-state index contributed by atoms with van der Waals surface area (Å²) >= 11 is 6.02. The van der Waals surface area contributed by atoms with E-state index in [-0.39, 0.29) is 0 Å². The molecule has 0 amide bonds. The predicted octanol–water partition coefficient (Wildman–Crippen LogP) is 4.25. The lowest BCUT2D eigenvalue weighted by molar-refractivity contribution is 0.372. The Labute approximate surface area is 154 Å². The maximum atomic E-state index is 6.16. The lowest BCUT2D eigenvalue weighted by Crippen LogP contribution is -1.99. The minimum absolute atomic E-state index is 0.454. The van der Waals surface area contributed by atoms with Gasteiger partial charge in [0, 0.05) is 28.8 Å². The molecule has 4 aromatic rings. The Balaban J connectivity index is 1.60. The second-order valence-corrected chi connectivity index (χ2v) is 7.06. The van der Waals surface area contributed by atoms with Gasteiger partial charge in [-0.05, 0) is 30.5 Å². The van der Waals surface area contributed by atoms with Crippen LogP contribution in [0.2, 0.25) is 5.02 Å². The lowest BCUT2D eigenvalue weighted by Gasteiger charge is -2.01. The summed E-state index contributed by atoms with van der Waals surface area (Å²) in [4.78, 5) is 8.60. The highest BCUT2D eigenvalue weighted by Gasteiger charge is 2.27. The van der Waals surface area contributed by atoms with Crippen molar-refractivity contribution in [3.63, 3.8) is 0 Å². The van der Waals surface area contributed by atoms with Gasteiger partial charge in [0.15, 0.2) is 5.76 Å². The molecule has 1 aromatic carbocycles. The number of fused-ring (bicyclic) bond motifs is 1. The van der Waals surface area contributed by atoms with E-state index >= 15 is 0 Å². The van der Waals surface area contributed by atoms with E-state index in [4.69, 9.17) is 21.9 Å². The van der Waals surface area contributed by atoms with Gasteiger partial charge in [-0.3, -0.25) is 0 Å². The molecule has 5 rings (SSSR count). The van der Waals surface area contributed by atoms with E-state index in [2.05, 4.69) is 15.1 Å². The highest BCUT2D eigenvalue weighted by Crippen LogP contribution is 2.39. The molecular formula is C19H16ClN5O. The Hall–Kier alpha value is -2.86. The molecule has 6 nitrogen and oxygen atoms in total. The first kappa shape index (κ1) is 15.4. The number of nitrogen functional groups attached to an aromatic ring is 1. The fourth-order valence-electron chi connectivity index (χ4n) is 3.26. The molecule has 0 spiro atoms. The molecule has 0 saturated heterocycles. The van der Waals surface area contributed by atoms with E-state index in [1.165, 1.54) is 19.2 Å². The summed E-state index contributed by atoms with van der Waals surface area (Å²) in [5.74, 6) is 1.83. The van der Waals surface area contributed by atoms with Crippen LogP contribution < -0.4 is 5.73 Å². The number of anilines is 1. The van der Waals surface area contributed by atoms with Crippen molar-refractivity contribution in [2.24, 2.45) is 0 Å². The third-order valence-electron chi connectivity index (χ3n) is 4.74. The number of benzene rings is 1. The number of nitrogens with two attached hydrogens (primary N) is 1. The molecule has 130 valence electrons. The molecule has 1 aliphatic rings. The molecule has 1 saturated carbocycles. The minimum atomic E-state index is 0.454. The first-order valence-corrected chi connectivity index (χ1v) is 8.87. The molecule has 0 radical (unpaired) electrons. The highest BCUT2D eigenvalue weighted by molar-refractivity contribution is 6.30. The van der Waals surface area contributed by atoms with Crippen LogP contribution in [-0.4, -0.2) is 19.7 Å². The van der Waals surface area contributed by atoms with Crippen molar-refractivity contribution in [2.75, 3.05) is 5.73 Å². The topological polar surface area (TPSA) is 82.8 Å². The molecule has 0 aliphatic heterocycles. The molecule has 3 heterocycles. The van der Waals surface area contributed by atoms with Crippen molar-refractivity contribution < 1.29 is 4.52 Å². The minimum Gasteiger partial charge on any atom is -0.383 e. The highest BCUT2D eigenvalue weighted by atomic mass is 35.5. The van der Waals surface area contributed by atoms with Gasteiger partial charge in [-0.25, -0.2) is 9.97 Å². The third kappa shape index (κ3) is 2.63. The standard InChI is InChI=1S/C19H16ClN5O/c20-13-5-3-11(4-6-13)15-9-25(19-17(15)18(21)22-10-23-19)8-14-7-16(24-26-14)12-1-2-12/h3-7,9-10,12H,1-2,8H2,(H2,21,22,23). The first-order chi connectivity index (χ1) is 12.7. The Morgan fingerprint density at radius 1 is 1.19 bits per heavy atom. The van der Waals surface area contributed by atoms with E-state index in [1.54, 1.807) is 0 Å². The second-order valence-electron chi connectivity index (χ2n) is 6.63. The second kappa shape index (κ2) is 5.85. The van der Waals surface area contributed by atoms with E-state index in [0.717, 1.165) is 33.6 Å². The summed E-state index contributed by atoms with van der Waals surface area (Å²) in [6, 6.07) is 9.69. The van der Waals surface area contributed by atoms with Crippen LogP contribution in [0.5, 0.6) is 0 Å². The van der Waals surface area contributed by atoms with Gasteiger partial charge in [0.2, 0.25) is 0 Å². The fourth-order valence-corrected chi connectivity index (χ4v) is 3.38. The van der Waals surface area contributed by atoms with Crippen LogP contribution in [0.3, 0.4) is 0 Å². The van der Waals surface area contributed by atoms with Gasteiger partial charge >= 0.3 is 0 Å². The summed E-state index contributed by atoms with van der Waals surface area (Å²) in [6.07, 6.45) is 5.90. The van der Waals surface area contributed by atoms with Gasteiger partial charge in [-0.1, -0.05) is 28.9 Å². The smallest absolute Gasteiger partial charge is 0.156 e. The molecule has 26 heavy (non-hydrogen) atoms. The Morgan fingerprint density at radius 3 is 2.77 bits per heavy atom. The molecule has 0 bridgehead atoms. The quantitative estimate of drug-likeness (QED) is 0.584. The van der Waals surface area contributed by atoms with Crippen molar-refractivity contribution in [3.8, 4) is 11.1 Å². The van der Waals surface area contributed by atoms with Crippen LogP contribution in [0, 0.1) is 0 Å². The van der Waals surface area contributed by atoms with Crippen molar-refractivity contribution in [3.05, 3.63) is 59.3 Å². The summed E-state index contributed by atoms with van der Waals surface area (Å²) < 4.78 is 7.54. The molecular weight excluding hydrogens is 350 g/mol. The zero-order chi connectivity index (χ0) is 17.7. The van der Waals surface area contributed by atoms with Crippen LogP contribution in [0.1, 0.15) is 30.2 Å². The molecule has 2 N–H and O–H groups in total. The van der Waals surface area contributed by atoms with Crippen LogP contribution in [0.4, 0.5) is 5.82 Å². The fraction of sp³-hybridized carbons (Fsp3) is 0.211. The average molecular weight is 366 g/mol. The third-order valence-corrected chi connectivity index (χ3v) is 4.99. The molecule has 0 atom stereocenters. The summed E-state index contributed by atoms with van der Waals surface area (Å²) in [5.41, 5.74) is 9.95. The normalized spacial score (nSPS) is 14.2. The van der Waals surface area contributed by atoms with Crippen molar-refractivity contribution in [1.82, 2.24) is 19.7 Å². The lowest BCUT2D eigenvalue weighted by atomic mass is 10.1. The molecule has 1 aliphatic carbocycles. The maximum absolute atomic E-state index is 6.16. The Kier molecular flexibility index (Phi) is 3.46. The van der Waals surface area contributed by atoms with Gasteiger partial charge in [0.25, 0.3) is 0 Å². The van der Waals surface area contributed by atoms with Crippen LogP contribution >= 0.6 is 11.6 Å². The largest absolute Gasteiger partial charge is 0.383 e. The predicted molar refractivity (Wildman–Crippen MR) is 100.0 cm³/mol. The van der Waals surface area contributed by atoms with Gasteiger partial charge in [-0.2, -0.15) is 0 Å². The summed E-state index contributed by atoms with van der Waals surface area (Å²) in [6.45, 7) is 0.542. The molecule has 7 heteroatoms. The number of halogens is 1. The van der Waals surface area contributed by atoms with Gasteiger partial charge in [-0.15, -0.1) is 0 Å². The Bertz CT molecular complexity index is 1100. The van der Waals surface area contributed by atoms with Crippen molar-refractivity contribution in [1.29, 1.82) is 0 Å². The van der Waals surface area contributed by atoms with E-state index in [9.17, 15) is 0 Å². The Morgan fingerprint density at radius 2 is 2.00 bits per heavy atom. The molecule has 0 unspecified atom stereocenters. The SMILES string of the molecule is Nc1ncnc2c1c(-c1ccc(Cl)cc1)cn2Cc1cc(C2CC2)no1. The van der Waals surface area contributed by atoms with E-state index in [0.29, 0.717) is 23.3 Å². The average Bonchev–Trinajstić information content (AvgIpc) is 3.28. The van der Waals surface area contributed by atoms with E-state index < -0.39 is 0 Å². The zero-order valence-corrected chi connectivity index (χ0v) is 14.6. The number of hydrogen-bond donors (Lipinski definition) is 1. The molecule has 1 fully saturated rings. The first-order valence-electron chi connectivity index (χ1n) is 8.50. The van der Waals surface area contributed by atoms with Gasteiger partial charge in [0.05, 0.1) is 17.6 Å². The number of aromatic nitrogens is 4. The number of rotatable bonds is 4. The molecule has 3 aromatic heterocycles. The van der Waals surface area contributed by atoms with Gasteiger partial charge in [0.1, 0.15) is 17.8 Å². The van der Waals surface area contributed by atoms with Crippen molar-refractivity contribution >= 4 is 28.5 Å². The number of hydrogen-bond acceptors (Lipinski definition) is 5. The van der Waals surface area contributed by atoms with Gasteiger partial charge < -0.3 is 14.8 Å². The van der Waals surface area contributed by atoms with E-state index in [1.807, 2.05) is 41.1 Å². The monoisotopic (exact) mass is 365 g/mol. The number of nitrogens with zero attached hydrogens (tertiary/aromatic N) is 4. The van der Waals surface area contributed by atoms with Crippen molar-refractivity contribution in [2.45, 2.75) is 25.3 Å². The maximum Gasteiger partial charge on any atom is 0.156 e. The van der Waals surface area contributed by atoms with Crippen LogP contribution in [0.25, 0.3) is 22.2 Å². The zero-order valence-electron chi connectivity index (χ0n) is 13.9.